The molecule has 0 saturated heterocycles. The number of nitrogens with two attached hydrogens (primary N) is 1. The second-order valence-electron chi connectivity index (χ2n) is 6.72. The number of nitrogens with zero attached hydrogens (tertiary/aromatic N) is 2. The number of fused-ring (bicyclic) bond motifs is 1. The van der Waals surface area contributed by atoms with Gasteiger partial charge in [-0.3, -0.25) is 5.41 Å². The molecule has 158 valence electrons. The fraction of sp³-hybridized carbons (Fsp3) is 0.238. The average molecular weight is 428 g/mol. The van der Waals surface area contributed by atoms with Crippen molar-refractivity contribution in [3.63, 3.8) is 0 Å². The van der Waals surface area contributed by atoms with Crippen LogP contribution in [0.4, 0.5) is 0 Å². The average Bonchev–Trinajstić information content (AvgIpc) is 3.14. The van der Waals surface area contributed by atoms with E-state index in [9.17, 15) is 8.42 Å². The lowest BCUT2D eigenvalue weighted by Gasteiger charge is -2.08. The molecule has 30 heavy (non-hydrogen) atoms. The molecular formula is C21H25N5O3S. The molecule has 1 aromatic heterocycles. The number of unbranched alkanes of at least 4 members (excludes halogenated alkanes) is 1. The number of benzene rings is 2. The summed E-state index contributed by atoms with van der Waals surface area (Å²) in [6.45, 7) is 2.06. The van der Waals surface area contributed by atoms with Gasteiger partial charge in [0.2, 0.25) is 5.96 Å². The van der Waals surface area contributed by atoms with Crippen molar-refractivity contribution in [3.05, 3.63) is 60.3 Å². The highest BCUT2D eigenvalue weighted by atomic mass is 32.2. The van der Waals surface area contributed by atoms with Crippen molar-refractivity contribution >= 4 is 32.6 Å². The number of ether oxygens (including phenoxy) is 1. The highest BCUT2D eigenvalue weighted by Crippen LogP contribution is 2.28. The third-order valence-electron chi connectivity index (χ3n) is 4.68. The summed E-state index contributed by atoms with van der Waals surface area (Å²) in [6.07, 6.45) is 4.01. The van der Waals surface area contributed by atoms with E-state index in [1.807, 2.05) is 12.1 Å². The molecule has 0 unspecified atom stereocenters. The first-order valence-corrected chi connectivity index (χ1v) is 11.0. The van der Waals surface area contributed by atoms with E-state index in [0.29, 0.717) is 29.0 Å². The quantitative estimate of drug-likeness (QED) is 0.289. The van der Waals surface area contributed by atoms with Crippen LogP contribution in [0.15, 0.2) is 64.7 Å². The minimum atomic E-state index is -3.84. The Morgan fingerprint density at radius 1 is 1.20 bits per heavy atom. The van der Waals surface area contributed by atoms with Crippen LogP contribution in [-0.4, -0.2) is 31.2 Å². The van der Waals surface area contributed by atoms with Crippen molar-refractivity contribution in [1.82, 2.24) is 9.40 Å². The first kappa shape index (κ1) is 21.4. The first-order chi connectivity index (χ1) is 14.4. The molecule has 3 aromatic rings. The highest BCUT2D eigenvalue weighted by Gasteiger charge is 2.23. The predicted molar refractivity (Wildman–Crippen MR) is 119 cm³/mol. The molecular weight excluding hydrogens is 402 g/mol. The number of aromatic nitrogens is 1. The van der Waals surface area contributed by atoms with Gasteiger partial charge in [0.15, 0.2) is 0 Å². The van der Waals surface area contributed by atoms with Gasteiger partial charge >= 0.3 is 0 Å². The smallest absolute Gasteiger partial charge is 0.268 e. The monoisotopic (exact) mass is 427 g/mol. The van der Waals surface area contributed by atoms with E-state index in [-0.39, 0.29) is 10.9 Å². The standard InChI is InChI=1S/C21H25N5O3S/c1-3-4-8-19(24-25-21(22)23)18-14-26(20-9-6-5-7-17(18)20)30(27,28)16-12-10-15(29-2)11-13-16/h5-7,9-14H,3-4,8H2,1-2H3,(H4,22,23,25)/b24-19+. The van der Waals surface area contributed by atoms with Gasteiger partial charge in [0.1, 0.15) is 5.75 Å². The van der Waals surface area contributed by atoms with E-state index in [0.717, 1.165) is 18.2 Å². The van der Waals surface area contributed by atoms with Crippen LogP contribution in [0.2, 0.25) is 0 Å². The molecule has 0 bridgehead atoms. The molecule has 0 aliphatic heterocycles. The molecule has 9 heteroatoms. The van der Waals surface area contributed by atoms with E-state index >= 15 is 0 Å². The largest absolute Gasteiger partial charge is 0.497 e. The van der Waals surface area contributed by atoms with Gasteiger partial charge in [0.05, 0.1) is 23.2 Å². The lowest BCUT2D eigenvalue weighted by Crippen LogP contribution is -2.27. The number of nitrogens with one attached hydrogen (secondary N) is 2. The van der Waals surface area contributed by atoms with Gasteiger partial charge in [-0.15, -0.1) is 0 Å². The van der Waals surface area contributed by atoms with Crippen LogP contribution < -0.4 is 15.9 Å². The highest BCUT2D eigenvalue weighted by molar-refractivity contribution is 7.90. The Balaban J connectivity index is 2.17. The van der Waals surface area contributed by atoms with Gasteiger partial charge in [0.25, 0.3) is 10.0 Å². The van der Waals surface area contributed by atoms with Gasteiger partial charge in [0, 0.05) is 17.1 Å². The Hall–Kier alpha value is -3.33. The van der Waals surface area contributed by atoms with Crippen molar-refractivity contribution in [2.75, 3.05) is 7.11 Å². The molecule has 0 spiro atoms. The number of guanidine groups is 1. The van der Waals surface area contributed by atoms with Crippen molar-refractivity contribution in [2.24, 2.45) is 10.8 Å². The fourth-order valence-corrected chi connectivity index (χ4v) is 4.53. The fourth-order valence-electron chi connectivity index (χ4n) is 3.16. The lowest BCUT2D eigenvalue weighted by molar-refractivity contribution is 0.414. The van der Waals surface area contributed by atoms with Crippen LogP contribution in [-0.2, 0) is 10.0 Å². The summed E-state index contributed by atoms with van der Waals surface area (Å²) >= 11 is 0. The zero-order chi connectivity index (χ0) is 21.7. The Kier molecular flexibility index (Phi) is 6.41. The van der Waals surface area contributed by atoms with E-state index in [4.69, 9.17) is 15.9 Å². The molecule has 0 atom stereocenters. The van der Waals surface area contributed by atoms with Crippen LogP contribution >= 0.6 is 0 Å². The van der Waals surface area contributed by atoms with Crippen LogP contribution in [0, 0.1) is 5.41 Å². The van der Waals surface area contributed by atoms with Gasteiger partial charge in [-0.05, 0) is 43.2 Å². The third kappa shape index (κ3) is 4.30. The molecule has 3 rings (SSSR count). The molecule has 0 aliphatic rings. The molecule has 4 N–H and O–H groups in total. The molecule has 8 nitrogen and oxygen atoms in total. The molecule has 1 heterocycles. The van der Waals surface area contributed by atoms with Crippen molar-refractivity contribution < 1.29 is 13.2 Å². The Morgan fingerprint density at radius 3 is 2.53 bits per heavy atom. The van der Waals surface area contributed by atoms with Crippen molar-refractivity contribution in [3.8, 4) is 5.75 Å². The zero-order valence-electron chi connectivity index (χ0n) is 16.9. The summed E-state index contributed by atoms with van der Waals surface area (Å²) in [4.78, 5) is 0.157. The SMILES string of the molecule is CCCC/C(=N\NC(=N)N)c1cn(S(=O)(=O)c2ccc(OC)cc2)c2ccccc12. The minimum absolute atomic E-state index is 0.157. The van der Waals surface area contributed by atoms with Gasteiger partial charge in [-0.25, -0.2) is 17.8 Å². The van der Waals surface area contributed by atoms with E-state index in [1.54, 1.807) is 30.5 Å². The second-order valence-corrected chi connectivity index (χ2v) is 8.54. The maximum atomic E-state index is 13.4. The van der Waals surface area contributed by atoms with Crippen molar-refractivity contribution in [1.29, 1.82) is 5.41 Å². The van der Waals surface area contributed by atoms with Crippen LogP contribution in [0.25, 0.3) is 10.9 Å². The van der Waals surface area contributed by atoms with Crippen molar-refractivity contribution in [2.45, 2.75) is 31.1 Å². The molecule has 0 radical (unpaired) electrons. The number of hydrazone groups is 1. The maximum absolute atomic E-state index is 13.4. The van der Waals surface area contributed by atoms with Gasteiger partial charge < -0.3 is 10.5 Å². The van der Waals surface area contributed by atoms with E-state index in [2.05, 4.69) is 17.5 Å². The summed E-state index contributed by atoms with van der Waals surface area (Å²) in [7, 11) is -2.31. The normalized spacial score (nSPS) is 12.1. The van der Waals surface area contributed by atoms with Crippen LogP contribution in [0.1, 0.15) is 31.7 Å². The Labute approximate surface area is 175 Å². The number of rotatable bonds is 8. The summed E-state index contributed by atoms with van der Waals surface area (Å²) in [5.41, 5.74) is 9.76. The molecule has 0 amide bonds. The summed E-state index contributed by atoms with van der Waals surface area (Å²) < 4.78 is 33.1. The van der Waals surface area contributed by atoms with Gasteiger partial charge in [-0.1, -0.05) is 31.5 Å². The topological polar surface area (TPSA) is 123 Å². The molecule has 0 aliphatic carbocycles. The number of hydrogen-bond acceptors (Lipinski definition) is 5. The molecule has 0 saturated carbocycles. The maximum Gasteiger partial charge on any atom is 0.268 e. The molecule has 0 fully saturated rings. The Morgan fingerprint density at radius 2 is 1.90 bits per heavy atom. The molecule has 2 aromatic carbocycles. The number of hydrogen-bond donors (Lipinski definition) is 3. The summed E-state index contributed by atoms with van der Waals surface area (Å²) in [5, 5.41) is 12.4. The zero-order valence-corrected chi connectivity index (χ0v) is 17.7. The second kappa shape index (κ2) is 9.00. The summed E-state index contributed by atoms with van der Waals surface area (Å²) in [5.74, 6) is 0.301. The van der Waals surface area contributed by atoms with E-state index in [1.165, 1.54) is 23.2 Å². The van der Waals surface area contributed by atoms with Gasteiger partial charge in [-0.2, -0.15) is 5.10 Å². The number of para-hydroxylation sites is 1. The summed E-state index contributed by atoms with van der Waals surface area (Å²) in [6, 6.07) is 13.5. The predicted octanol–water partition coefficient (Wildman–Crippen LogP) is 3.26. The minimum Gasteiger partial charge on any atom is -0.497 e. The van der Waals surface area contributed by atoms with Crippen LogP contribution in [0.5, 0.6) is 5.75 Å². The van der Waals surface area contributed by atoms with Crippen LogP contribution in [0.3, 0.4) is 0 Å². The third-order valence-corrected chi connectivity index (χ3v) is 6.37. The first-order valence-electron chi connectivity index (χ1n) is 9.55. The number of methoxy groups -OCH3 is 1. The lowest BCUT2D eigenvalue weighted by atomic mass is 10.0. The van der Waals surface area contributed by atoms with E-state index < -0.39 is 10.0 Å². The Bertz CT molecular complexity index is 1180.